The summed E-state index contributed by atoms with van der Waals surface area (Å²) in [6.07, 6.45) is 6.41. The summed E-state index contributed by atoms with van der Waals surface area (Å²) in [5, 5.41) is 0. The summed E-state index contributed by atoms with van der Waals surface area (Å²) in [7, 11) is 0. The zero-order chi connectivity index (χ0) is 10.5. The molecular weight excluding hydrogens is 192 g/mol. The number of hydrazine groups is 1. The molecule has 15 heavy (non-hydrogen) atoms. The molecule has 0 saturated carbocycles. The fourth-order valence-electron chi connectivity index (χ4n) is 2.01. The Morgan fingerprint density at radius 3 is 3.07 bits per heavy atom. The van der Waals surface area contributed by atoms with Crippen LogP contribution in [0, 0.1) is 0 Å². The second kappa shape index (κ2) is 5.30. The van der Waals surface area contributed by atoms with Crippen LogP contribution in [0.25, 0.3) is 0 Å². The molecule has 0 aromatic carbocycles. The maximum Gasteiger partial charge on any atom is 0.122 e. The molecule has 1 fully saturated rings. The summed E-state index contributed by atoms with van der Waals surface area (Å²) in [5.74, 6) is 6.40. The van der Waals surface area contributed by atoms with Gasteiger partial charge in [-0.3, -0.25) is 5.84 Å². The maximum atomic E-state index is 5.67. The van der Waals surface area contributed by atoms with E-state index in [0.717, 1.165) is 25.2 Å². The fraction of sp³-hybridized carbons (Fsp3) is 0.636. The van der Waals surface area contributed by atoms with Gasteiger partial charge in [-0.2, -0.15) is 0 Å². The zero-order valence-electron chi connectivity index (χ0n) is 8.82. The summed E-state index contributed by atoms with van der Waals surface area (Å²) < 4.78 is 11.0. The van der Waals surface area contributed by atoms with Crippen molar-refractivity contribution >= 4 is 0 Å². The molecule has 0 radical (unpaired) electrons. The van der Waals surface area contributed by atoms with E-state index in [4.69, 9.17) is 15.0 Å². The van der Waals surface area contributed by atoms with E-state index in [1.54, 1.807) is 6.26 Å². The molecule has 3 N–H and O–H groups in total. The third kappa shape index (κ3) is 2.81. The molecule has 0 spiro atoms. The van der Waals surface area contributed by atoms with E-state index in [2.05, 4.69) is 5.43 Å². The predicted octanol–water partition coefficient (Wildman–Crippen LogP) is 1.74. The van der Waals surface area contributed by atoms with Crippen molar-refractivity contribution in [2.45, 2.75) is 37.8 Å². The lowest BCUT2D eigenvalue weighted by Gasteiger charge is -2.25. The van der Waals surface area contributed by atoms with Gasteiger partial charge in [0.1, 0.15) is 5.76 Å². The van der Waals surface area contributed by atoms with Crippen LogP contribution in [0.4, 0.5) is 0 Å². The lowest BCUT2D eigenvalue weighted by Crippen LogP contribution is -2.32. The molecule has 2 rings (SSSR count). The Kier molecular flexibility index (Phi) is 3.77. The van der Waals surface area contributed by atoms with Crippen LogP contribution in [-0.2, 0) is 4.74 Å². The van der Waals surface area contributed by atoms with Gasteiger partial charge in [-0.25, -0.2) is 5.43 Å². The Balaban J connectivity index is 1.90. The highest BCUT2D eigenvalue weighted by molar-refractivity contribution is 5.04. The van der Waals surface area contributed by atoms with Gasteiger partial charge in [0, 0.05) is 6.61 Å². The van der Waals surface area contributed by atoms with Crippen molar-refractivity contribution in [3.05, 3.63) is 24.2 Å². The Morgan fingerprint density at radius 1 is 1.53 bits per heavy atom. The second-order valence-electron chi connectivity index (χ2n) is 3.96. The monoisotopic (exact) mass is 210 g/mol. The molecule has 1 aliphatic heterocycles. The van der Waals surface area contributed by atoms with E-state index in [1.807, 2.05) is 12.1 Å². The van der Waals surface area contributed by atoms with Crippen molar-refractivity contribution in [3.63, 3.8) is 0 Å². The molecule has 2 atom stereocenters. The van der Waals surface area contributed by atoms with Crippen molar-refractivity contribution in [2.75, 3.05) is 6.61 Å². The lowest BCUT2D eigenvalue weighted by atomic mass is 10.0. The first-order chi connectivity index (χ1) is 7.40. The topological polar surface area (TPSA) is 60.4 Å². The molecular formula is C11H18N2O2. The number of hydrogen-bond donors (Lipinski definition) is 2. The number of hydrogen-bond acceptors (Lipinski definition) is 4. The highest BCUT2D eigenvalue weighted by Gasteiger charge is 2.21. The van der Waals surface area contributed by atoms with Crippen LogP contribution >= 0.6 is 0 Å². The Morgan fingerprint density at radius 2 is 2.47 bits per heavy atom. The van der Waals surface area contributed by atoms with Crippen LogP contribution in [0.3, 0.4) is 0 Å². The number of nitrogens with one attached hydrogen (secondary N) is 1. The Bertz CT molecular complexity index is 268. The van der Waals surface area contributed by atoms with E-state index in [9.17, 15) is 0 Å². The minimum Gasteiger partial charge on any atom is -0.468 e. The van der Waals surface area contributed by atoms with Crippen molar-refractivity contribution in [2.24, 2.45) is 5.84 Å². The molecule has 4 nitrogen and oxygen atoms in total. The fourth-order valence-corrected chi connectivity index (χ4v) is 2.01. The Hall–Kier alpha value is -0.840. The number of rotatable bonds is 4. The molecule has 4 heteroatoms. The van der Waals surface area contributed by atoms with Crippen molar-refractivity contribution in [3.8, 4) is 0 Å². The first kappa shape index (κ1) is 10.7. The van der Waals surface area contributed by atoms with Crippen molar-refractivity contribution in [1.29, 1.82) is 0 Å². The molecule has 0 amide bonds. The SMILES string of the molecule is NNC(CC1CCCCO1)c1ccco1. The minimum atomic E-state index is 0.0584. The van der Waals surface area contributed by atoms with Gasteiger partial charge < -0.3 is 9.15 Å². The average Bonchev–Trinajstić information content (AvgIpc) is 2.81. The number of nitrogens with two attached hydrogens (primary N) is 1. The normalized spacial score (nSPS) is 23.9. The lowest BCUT2D eigenvalue weighted by molar-refractivity contribution is 0.00371. The van der Waals surface area contributed by atoms with Crippen LogP contribution in [0.5, 0.6) is 0 Å². The van der Waals surface area contributed by atoms with Gasteiger partial charge in [-0.05, 0) is 37.8 Å². The Labute approximate surface area is 89.7 Å². The van der Waals surface area contributed by atoms with Crippen LogP contribution in [0.15, 0.2) is 22.8 Å². The third-order valence-electron chi connectivity index (χ3n) is 2.86. The summed E-state index contributed by atoms with van der Waals surface area (Å²) in [6.45, 7) is 0.875. The van der Waals surface area contributed by atoms with Gasteiger partial charge in [-0.15, -0.1) is 0 Å². The molecule has 2 heterocycles. The minimum absolute atomic E-state index is 0.0584. The maximum absolute atomic E-state index is 5.67. The number of ether oxygens (including phenoxy) is 1. The van der Waals surface area contributed by atoms with Crippen molar-refractivity contribution in [1.82, 2.24) is 5.43 Å². The summed E-state index contributed by atoms with van der Waals surface area (Å²) in [5.41, 5.74) is 2.78. The van der Waals surface area contributed by atoms with Gasteiger partial charge in [-0.1, -0.05) is 0 Å². The molecule has 1 saturated heterocycles. The van der Waals surface area contributed by atoms with Crippen molar-refractivity contribution < 1.29 is 9.15 Å². The van der Waals surface area contributed by atoms with Crippen LogP contribution < -0.4 is 11.3 Å². The highest BCUT2D eigenvalue weighted by Crippen LogP contribution is 2.24. The zero-order valence-corrected chi connectivity index (χ0v) is 8.82. The molecule has 84 valence electrons. The van der Waals surface area contributed by atoms with Gasteiger partial charge in [0.15, 0.2) is 0 Å². The van der Waals surface area contributed by atoms with Gasteiger partial charge in [0.05, 0.1) is 18.4 Å². The van der Waals surface area contributed by atoms with Crippen LogP contribution in [0.2, 0.25) is 0 Å². The first-order valence-corrected chi connectivity index (χ1v) is 5.51. The quantitative estimate of drug-likeness (QED) is 0.587. The average molecular weight is 210 g/mol. The molecule has 1 aromatic rings. The predicted molar refractivity (Wildman–Crippen MR) is 57.0 cm³/mol. The smallest absolute Gasteiger partial charge is 0.122 e. The third-order valence-corrected chi connectivity index (χ3v) is 2.86. The summed E-state index contributed by atoms with van der Waals surface area (Å²) in [4.78, 5) is 0. The van der Waals surface area contributed by atoms with E-state index in [0.29, 0.717) is 6.10 Å². The van der Waals surface area contributed by atoms with Gasteiger partial charge in [0.2, 0.25) is 0 Å². The first-order valence-electron chi connectivity index (χ1n) is 5.51. The van der Waals surface area contributed by atoms with Gasteiger partial charge >= 0.3 is 0 Å². The molecule has 2 unspecified atom stereocenters. The van der Waals surface area contributed by atoms with E-state index in [-0.39, 0.29) is 6.04 Å². The van der Waals surface area contributed by atoms with Crippen LogP contribution in [-0.4, -0.2) is 12.7 Å². The molecule has 1 aromatic heterocycles. The molecule has 0 aliphatic carbocycles. The van der Waals surface area contributed by atoms with Gasteiger partial charge in [0.25, 0.3) is 0 Å². The van der Waals surface area contributed by atoms with E-state index >= 15 is 0 Å². The van der Waals surface area contributed by atoms with E-state index in [1.165, 1.54) is 12.8 Å². The summed E-state index contributed by atoms with van der Waals surface area (Å²) in [6, 6.07) is 3.87. The standard InChI is InChI=1S/C11H18N2O2/c12-13-10(11-5-3-7-15-11)8-9-4-1-2-6-14-9/h3,5,7,9-10,13H,1-2,4,6,8,12H2. The highest BCUT2D eigenvalue weighted by atomic mass is 16.5. The second-order valence-corrected chi connectivity index (χ2v) is 3.96. The molecule has 0 bridgehead atoms. The molecule has 1 aliphatic rings. The van der Waals surface area contributed by atoms with E-state index < -0.39 is 0 Å². The van der Waals surface area contributed by atoms with Crippen LogP contribution in [0.1, 0.15) is 37.5 Å². The largest absolute Gasteiger partial charge is 0.468 e. The number of furan rings is 1. The summed E-state index contributed by atoms with van der Waals surface area (Å²) >= 11 is 0.